The zero-order chi connectivity index (χ0) is 4.57. The molecule has 2 heteroatoms. The standard InChI is InChI=1S/C4H8BrN/c5-3-1-4(6)2-3/h3-4H,1-2,6H2. The predicted molar refractivity (Wildman–Crippen MR) is 29.9 cm³/mol. The van der Waals surface area contributed by atoms with Crippen molar-refractivity contribution in [3.8, 4) is 0 Å². The monoisotopic (exact) mass is 149 g/mol. The van der Waals surface area contributed by atoms with Gasteiger partial charge in [0, 0.05) is 10.9 Å². The van der Waals surface area contributed by atoms with Crippen LogP contribution in [0.15, 0.2) is 0 Å². The van der Waals surface area contributed by atoms with Crippen LogP contribution in [-0.2, 0) is 0 Å². The van der Waals surface area contributed by atoms with E-state index in [1.165, 1.54) is 12.8 Å². The smallest absolute Gasteiger partial charge is 0.0175 e. The summed E-state index contributed by atoms with van der Waals surface area (Å²) in [4.78, 5) is 0.729. The highest BCUT2D eigenvalue weighted by Gasteiger charge is 2.22. The summed E-state index contributed by atoms with van der Waals surface area (Å²) in [7, 11) is 0. The van der Waals surface area contributed by atoms with Gasteiger partial charge in [0.15, 0.2) is 0 Å². The molecule has 0 saturated heterocycles. The second-order valence-corrected chi connectivity index (χ2v) is 3.12. The molecule has 36 valence electrons. The van der Waals surface area contributed by atoms with E-state index < -0.39 is 0 Å². The van der Waals surface area contributed by atoms with Gasteiger partial charge in [-0.15, -0.1) is 0 Å². The lowest BCUT2D eigenvalue weighted by molar-refractivity contribution is 0.439. The molecule has 0 aromatic heterocycles. The van der Waals surface area contributed by atoms with Gasteiger partial charge in [-0.2, -0.15) is 0 Å². The van der Waals surface area contributed by atoms with Crippen LogP contribution in [0.1, 0.15) is 12.8 Å². The van der Waals surface area contributed by atoms with Crippen molar-refractivity contribution in [2.24, 2.45) is 5.73 Å². The molecule has 0 aliphatic heterocycles. The fourth-order valence-corrected chi connectivity index (χ4v) is 1.55. The van der Waals surface area contributed by atoms with Crippen LogP contribution in [0.3, 0.4) is 0 Å². The predicted octanol–water partition coefficient (Wildman–Crippen LogP) is 0.871. The van der Waals surface area contributed by atoms with Gasteiger partial charge in [0.2, 0.25) is 0 Å². The van der Waals surface area contributed by atoms with Gasteiger partial charge in [-0.25, -0.2) is 0 Å². The number of alkyl halides is 1. The summed E-state index contributed by atoms with van der Waals surface area (Å²) >= 11 is 3.42. The molecule has 2 N–H and O–H groups in total. The molecule has 1 aliphatic carbocycles. The van der Waals surface area contributed by atoms with E-state index in [1.807, 2.05) is 0 Å². The average molecular weight is 150 g/mol. The number of halogens is 1. The summed E-state index contributed by atoms with van der Waals surface area (Å²) < 4.78 is 0. The molecule has 0 spiro atoms. The minimum absolute atomic E-state index is 0.495. The van der Waals surface area contributed by atoms with E-state index in [0.717, 1.165) is 4.83 Å². The molecule has 0 aromatic rings. The molecule has 0 bridgehead atoms. The lowest BCUT2D eigenvalue weighted by Gasteiger charge is -2.26. The van der Waals surface area contributed by atoms with Gasteiger partial charge in [-0.1, -0.05) is 15.9 Å². The quantitative estimate of drug-likeness (QED) is 0.509. The van der Waals surface area contributed by atoms with Crippen molar-refractivity contribution < 1.29 is 0 Å². The number of nitrogens with two attached hydrogens (primary N) is 1. The molecular weight excluding hydrogens is 142 g/mol. The zero-order valence-electron chi connectivity index (χ0n) is 3.52. The molecule has 1 fully saturated rings. The zero-order valence-corrected chi connectivity index (χ0v) is 5.11. The fourth-order valence-electron chi connectivity index (χ4n) is 0.588. The summed E-state index contributed by atoms with van der Waals surface area (Å²) in [6, 6.07) is 0.495. The van der Waals surface area contributed by atoms with Gasteiger partial charge in [-0.3, -0.25) is 0 Å². The van der Waals surface area contributed by atoms with E-state index in [-0.39, 0.29) is 0 Å². The molecular formula is C4H8BrN. The first-order chi connectivity index (χ1) is 2.79. The Kier molecular flexibility index (Phi) is 1.15. The molecule has 0 atom stereocenters. The van der Waals surface area contributed by atoms with Crippen LogP contribution in [0.4, 0.5) is 0 Å². The van der Waals surface area contributed by atoms with E-state index in [0.29, 0.717) is 6.04 Å². The van der Waals surface area contributed by atoms with Gasteiger partial charge < -0.3 is 5.73 Å². The maximum atomic E-state index is 5.44. The van der Waals surface area contributed by atoms with E-state index in [1.54, 1.807) is 0 Å². The first kappa shape index (κ1) is 4.60. The van der Waals surface area contributed by atoms with Crippen LogP contribution < -0.4 is 5.73 Å². The number of hydrogen-bond acceptors (Lipinski definition) is 1. The topological polar surface area (TPSA) is 26.0 Å². The highest BCUT2D eigenvalue weighted by Crippen LogP contribution is 2.24. The maximum absolute atomic E-state index is 5.44. The Balaban J connectivity index is 2.11. The number of rotatable bonds is 0. The third-order valence-corrected chi connectivity index (χ3v) is 1.86. The molecule has 0 amide bonds. The van der Waals surface area contributed by atoms with Crippen LogP contribution >= 0.6 is 15.9 Å². The Morgan fingerprint density at radius 3 is 2.00 bits per heavy atom. The molecule has 1 aliphatic rings. The molecule has 1 rings (SSSR count). The average Bonchev–Trinajstić information content (AvgIpc) is 1.33. The van der Waals surface area contributed by atoms with Gasteiger partial charge in [0.05, 0.1) is 0 Å². The highest BCUT2D eigenvalue weighted by atomic mass is 79.9. The van der Waals surface area contributed by atoms with E-state index in [9.17, 15) is 0 Å². The third-order valence-electron chi connectivity index (χ3n) is 1.12. The summed E-state index contributed by atoms with van der Waals surface area (Å²) in [6.07, 6.45) is 2.33. The second kappa shape index (κ2) is 1.51. The Labute approximate surface area is 46.0 Å². The molecule has 6 heavy (non-hydrogen) atoms. The summed E-state index contributed by atoms with van der Waals surface area (Å²) in [5.74, 6) is 0. The van der Waals surface area contributed by atoms with Crippen molar-refractivity contribution in [1.82, 2.24) is 0 Å². The van der Waals surface area contributed by atoms with Gasteiger partial charge >= 0.3 is 0 Å². The van der Waals surface area contributed by atoms with Crippen LogP contribution in [-0.4, -0.2) is 10.9 Å². The summed E-state index contributed by atoms with van der Waals surface area (Å²) in [5, 5.41) is 0. The van der Waals surface area contributed by atoms with E-state index >= 15 is 0 Å². The van der Waals surface area contributed by atoms with Gasteiger partial charge in [-0.05, 0) is 12.8 Å². The van der Waals surface area contributed by atoms with E-state index in [4.69, 9.17) is 5.73 Å². The van der Waals surface area contributed by atoms with Gasteiger partial charge in [0.25, 0.3) is 0 Å². The van der Waals surface area contributed by atoms with Crippen molar-refractivity contribution in [3.63, 3.8) is 0 Å². The molecule has 0 aromatic carbocycles. The summed E-state index contributed by atoms with van der Waals surface area (Å²) in [6.45, 7) is 0. The first-order valence-corrected chi connectivity index (χ1v) is 3.10. The van der Waals surface area contributed by atoms with Crippen molar-refractivity contribution in [1.29, 1.82) is 0 Å². The molecule has 0 unspecified atom stereocenters. The van der Waals surface area contributed by atoms with Crippen molar-refractivity contribution in [2.75, 3.05) is 0 Å². The van der Waals surface area contributed by atoms with Crippen molar-refractivity contribution >= 4 is 15.9 Å². The van der Waals surface area contributed by atoms with Crippen molar-refractivity contribution in [3.05, 3.63) is 0 Å². The Hall–Kier alpha value is 0.440. The minimum Gasteiger partial charge on any atom is -0.328 e. The van der Waals surface area contributed by atoms with Crippen molar-refractivity contribution in [2.45, 2.75) is 23.7 Å². The van der Waals surface area contributed by atoms with Gasteiger partial charge in [0.1, 0.15) is 0 Å². The van der Waals surface area contributed by atoms with Crippen LogP contribution in [0, 0.1) is 0 Å². The van der Waals surface area contributed by atoms with Crippen LogP contribution in [0.5, 0.6) is 0 Å². The largest absolute Gasteiger partial charge is 0.328 e. The first-order valence-electron chi connectivity index (χ1n) is 2.18. The molecule has 1 nitrogen and oxygen atoms in total. The highest BCUT2D eigenvalue weighted by molar-refractivity contribution is 9.09. The van der Waals surface area contributed by atoms with Crippen LogP contribution in [0.2, 0.25) is 0 Å². The fraction of sp³-hybridized carbons (Fsp3) is 1.00. The molecule has 1 saturated carbocycles. The lowest BCUT2D eigenvalue weighted by Crippen LogP contribution is -2.36. The van der Waals surface area contributed by atoms with E-state index in [2.05, 4.69) is 15.9 Å². The maximum Gasteiger partial charge on any atom is 0.0175 e. The molecule has 0 radical (unpaired) electrons. The lowest BCUT2D eigenvalue weighted by atomic mass is 9.94. The Morgan fingerprint density at radius 1 is 1.50 bits per heavy atom. The second-order valence-electron chi connectivity index (χ2n) is 1.83. The van der Waals surface area contributed by atoms with Crippen LogP contribution in [0.25, 0.3) is 0 Å². The SMILES string of the molecule is NC1CC(Br)C1. The summed E-state index contributed by atoms with van der Waals surface area (Å²) in [5.41, 5.74) is 5.44. The normalized spacial score (nSPS) is 45.0. The Morgan fingerprint density at radius 2 is 2.00 bits per heavy atom. The third kappa shape index (κ3) is 0.738. The number of hydrogen-bond donors (Lipinski definition) is 1. The molecule has 0 heterocycles. The minimum atomic E-state index is 0.495. The Bertz CT molecular complexity index is 43.5.